The maximum Gasteiger partial charge on any atom is 0.265 e. The average Bonchev–Trinajstić information content (AvgIpc) is 3.04. The van der Waals surface area contributed by atoms with Gasteiger partial charge in [-0.3, -0.25) is 0 Å². The molecule has 1 aliphatic rings. The fourth-order valence-electron chi connectivity index (χ4n) is 3.13. The summed E-state index contributed by atoms with van der Waals surface area (Å²) in [6, 6.07) is 11.0. The van der Waals surface area contributed by atoms with E-state index in [2.05, 4.69) is 0 Å². The van der Waals surface area contributed by atoms with Gasteiger partial charge in [0.05, 0.1) is 4.90 Å². The van der Waals surface area contributed by atoms with E-state index >= 15 is 0 Å². The number of sulfonamides is 1. The first-order valence-electron chi connectivity index (χ1n) is 7.70. The molecule has 0 aromatic heterocycles. The van der Waals surface area contributed by atoms with Crippen LogP contribution in [0.3, 0.4) is 0 Å². The van der Waals surface area contributed by atoms with Gasteiger partial charge in [-0.1, -0.05) is 29.8 Å². The van der Waals surface area contributed by atoms with Gasteiger partial charge >= 0.3 is 0 Å². The summed E-state index contributed by atoms with van der Waals surface area (Å²) in [6.45, 7) is 0. The van der Waals surface area contributed by atoms with Gasteiger partial charge in [0.15, 0.2) is 0 Å². The zero-order chi connectivity index (χ0) is 18.2. The number of hydrogen-bond donors (Lipinski definition) is 1. The third-order valence-corrected chi connectivity index (χ3v) is 5.60. The first-order chi connectivity index (χ1) is 11.8. The van der Waals surface area contributed by atoms with Gasteiger partial charge in [0.25, 0.3) is 6.43 Å². The lowest BCUT2D eigenvalue weighted by Gasteiger charge is -2.11. The molecule has 7 heteroatoms. The minimum atomic E-state index is -3.74. The van der Waals surface area contributed by atoms with Crippen molar-refractivity contribution >= 4 is 32.8 Å². The van der Waals surface area contributed by atoms with Gasteiger partial charge in [0.2, 0.25) is 10.0 Å². The zero-order valence-electron chi connectivity index (χ0n) is 13.2. The van der Waals surface area contributed by atoms with Crippen molar-refractivity contribution < 1.29 is 17.2 Å². The Morgan fingerprint density at radius 3 is 2.08 bits per heavy atom. The van der Waals surface area contributed by atoms with Crippen LogP contribution in [0, 0.1) is 0 Å². The molecule has 0 spiro atoms. The van der Waals surface area contributed by atoms with Gasteiger partial charge in [0.1, 0.15) is 0 Å². The molecule has 0 radical (unpaired) electrons. The van der Waals surface area contributed by atoms with E-state index in [0.717, 1.165) is 41.5 Å². The lowest BCUT2D eigenvalue weighted by Crippen LogP contribution is -2.11. The molecule has 2 aromatic carbocycles. The molecule has 3 rings (SSSR count). The average molecular weight is 384 g/mol. The highest BCUT2D eigenvalue weighted by atomic mass is 35.5. The van der Waals surface area contributed by atoms with Crippen molar-refractivity contribution in [1.29, 1.82) is 0 Å². The molecule has 2 N–H and O–H groups in total. The molecule has 0 atom stereocenters. The summed E-state index contributed by atoms with van der Waals surface area (Å²) >= 11 is 5.85. The number of nitrogens with two attached hydrogens (primary N) is 1. The van der Waals surface area contributed by atoms with Crippen LogP contribution < -0.4 is 5.14 Å². The molecule has 0 bridgehead atoms. The maximum absolute atomic E-state index is 13.1. The van der Waals surface area contributed by atoms with Gasteiger partial charge in [-0.15, -0.1) is 0 Å². The molecule has 1 aliphatic carbocycles. The monoisotopic (exact) mass is 383 g/mol. The minimum absolute atomic E-state index is 0.0443. The van der Waals surface area contributed by atoms with Crippen LogP contribution in [0.4, 0.5) is 8.78 Å². The van der Waals surface area contributed by atoms with Crippen LogP contribution >= 0.6 is 11.6 Å². The molecular formula is C18H16ClF2NO2S. The zero-order valence-corrected chi connectivity index (χ0v) is 14.7. The summed E-state index contributed by atoms with van der Waals surface area (Å²) in [6.07, 6.45) is -0.145. The predicted octanol–water partition coefficient (Wildman–Crippen LogP) is 5.02. The molecular weight excluding hydrogens is 368 g/mol. The maximum atomic E-state index is 13.1. The third-order valence-electron chi connectivity index (χ3n) is 4.33. The second-order valence-corrected chi connectivity index (χ2v) is 7.89. The summed E-state index contributed by atoms with van der Waals surface area (Å²) in [5, 5.41) is 5.17. The number of primary sulfonamides is 1. The van der Waals surface area contributed by atoms with Crippen LogP contribution in [0.2, 0.25) is 5.02 Å². The number of benzene rings is 2. The molecule has 0 fully saturated rings. The summed E-state index contributed by atoms with van der Waals surface area (Å²) in [7, 11) is -3.74. The second-order valence-electron chi connectivity index (χ2n) is 5.92. The number of halogens is 3. The van der Waals surface area contributed by atoms with Gasteiger partial charge < -0.3 is 0 Å². The van der Waals surface area contributed by atoms with Crippen LogP contribution in [0.25, 0.3) is 11.1 Å². The van der Waals surface area contributed by atoms with E-state index in [0.29, 0.717) is 0 Å². The van der Waals surface area contributed by atoms with Crippen molar-refractivity contribution in [2.45, 2.75) is 30.6 Å². The van der Waals surface area contributed by atoms with Crippen molar-refractivity contribution in [3.63, 3.8) is 0 Å². The lowest BCUT2D eigenvalue weighted by molar-refractivity contribution is 0.151. The highest BCUT2D eigenvalue weighted by molar-refractivity contribution is 7.89. The van der Waals surface area contributed by atoms with Crippen molar-refractivity contribution in [3.8, 4) is 0 Å². The number of rotatable bonds is 4. The first-order valence-corrected chi connectivity index (χ1v) is 9.63. The molecule has 0 saturated carbocycles. The second kappa shape index (κ2) is 6.86. The highest BCUT2D eigenvalue weighted by Gasteiger charge is 2.20. The predicted molar refractivity (Wildman–Crippen MR) is 94.9 cm³/mol. The first kappa shape index (κ1) is 18.0. The van der Waals surface area contributed by atoms with E-state index < -0.39 is 16.4 Å². The highest BCUT2D eigenvalue weighted by Crippen LogP contribution is 2.41. The lowest BCUT2D eigenvalue weighted by atomic mass is 9.96. The van der Waals surface area contributed by atoms with Crippen LogP contribution in [0.5, 0.6) is 0 Å². The SMILES string of the molecule is NS(=O)(=O)c1ccc(C2=C(c3ccc(Cl)c(C(F)F)c3)CCC2)cc1. The van der Waals surface area contributed by atoms with Crippen LogP contribution in [0.1, 0.15) is 42.4 Å². The smallest absolute Gasteiger partial charge is 0.225 e. The number of hydrogen-bond acceptors (Lipinski definition) is 2. The van der Waals surface area contributed by atoms with Gasteiger partial charge in [-0.2, -0.15) is 0 Å². The largest absolute Gasteiger partial charge is 0.265 e. The van der Waals surface area contributed by atoms with Crippen molar-refractivity contribution in [2.75, 3.05) is 0 Å². The minimum Gasteiger partial charge on any atom is -0.225 e. The van der Waals surface area contributed by atoms with E-state index in [-0.39, 0.29) is 15.5 Å². The Morgan fingerprint density at radius 2 is 1.52 bits per heavy atom. The Kier molecular flexibility index (Phi) is 4.95. The van der Waals surface area contributed by atoms with Crippen molar-refractivity contribution in [1.82, 2.24) is 0 Å². The molecule has 0 unspecified atom stereocenters. The van der Waals surface area contributed by atoms with Crippen molar-refractivity contribution in [2.24, 2.45) is 5.14 Å². The Labute approximate surface area is 150 Å². The van der Waals surface area contributed by atoms with E-state index in [4.69, 9.17) is 16.7 Å². The van der Waals surface area contributed by atoms with E-state index in [1.165, 1.54) is 24.3 Å². The normalized spacial score (nSPS) is 15.2. The molecule has 132 valence electrons. The molecule has 0 heterocycles. The Bertz CT molecular complexity index is 938. The van der Waals surface area contributed by atoms with E-state index in [1.807, 2.05) is 0 Å². The van der Waals surface area contributed by atoms with Crippen LogP contribution in [0.15, 0.2) is 47.4 Å². The summed E-state index contributed by atoms with van der Waals surface area (Å²) in [5.41, 5.74) is 3.43. The number of alkyl halides is 2. The standard InChI is InChI=1S/C18H16ClF2NO2S/c19-17-9-6-12(10-16(17)18(20)21)15-3-1-2-14(15)11-4-7-13(8-5-11)25(22,23)24/h4-10,18H,1-3H2,(H2,22,23,24). The quantitative estimate of drug-likeness (QED) is 0.805. The third kappa shape index (κ3) is 3.76. The number of allylic oxidation sites excluding steroid dienone is 2. The molecule has 0 amide bonds. The molecule has 3 nitrogen and oxygen atoms in total. The van der Waals surface area contributed by atoms with Gasteiger partial charge in [-0.05, 0) is 65.8 Å². The molecule has 25 heavy (non-hydrogen) atoms. The van der Waals surface area contributed by atoms with Gasteiger partial charge in [0, 0.05) is 10.6 Å². The summed E-state index contributed by atoms with van der Waals surface area (Å²) < 4.78 is 48.9. The Hall–Kier alpha value is -1.76. The summed E-state index contributed by atoms with van der Waals surface area (Å²) in [5.74, 6) is 0. The Morgan fingerprint density at radius 1 is 0.960 bits per heavy atom. The fourth-order valence-corrected chi connectivity index (χ4v) is 3.84. The summed E-state index contributed by atoms with van der Waals surface area (Å²) in [4.78, 5) is 0.0443. The van der Waals surface area contributed by atoms with E-state index in [9.17, 15) is 17.2 Å². The van der Waals surface area contributed by atoms with Gasteiger partial charge in [-0.25, -0.2) is 22.3 Å². The molecule has 0 saturated heterocycles. The van der Waals surface area contributed by atoms with Crippen LogP contribution in [-0.2, 0) is 10.0 Å². The van der Waals surface area contributed by atoms with Crippen LogP contribution in [-0.4, -0.2) is 8.42 Å². The fraction of sp³-hybridized carbons (Fsp3) is 0.222. The van der Waals surface area contributed by atoms with Crippen molar-refractivity contribution in [3.05, 3.63) is 64.2 Å². The molecule has 2 aromatic rings. The van der Waals surface area contributed by atoms with E-state index in [1.54, 1.807) is 18.2 Å². The Balaban J connectivity index is 2.05. The topological polar surface area (TPSA) is 60.2 Å². The molecule has 0 aliphatic heterocycles.